The number of nitrogens with one attached hydrogen (secondary N) is 1. The average Bonchev–Trinajstić information content (AvgIpc) is 2.43. The van der Waals surface area contributed by atoms with E-state index >= 15 is 0 Å². The van der Waals surface area contributed by atoms with Gasteiger partial charge < -0.3 is 11.1 Å². The van der Waals surface area contributed by atoms with Crippen LogP contribution in [0.2, 0.25) is 0 Å². The van der Waals surface area contributed by atoms with Gasteiger partial charge in [-0.25, -0.2) is 8.42 Å². The molecule has 1 unspecified atom stereocenters. The molecule has 1 rings (SSSR count). The molecule has 0 aromatic heterocycles. The summed E-state index contributed by atoms with van der Waals surface area (Å²) in [5, 5.41) is 3.71. The van der Waals surface area contributed by atoms with E-state index in [4.69, 9.17) is 5.73 Å². The van der Waals surface area contributed by atoms with Gasteiger partial charge in [-0.3, -0.25) is 4.79 Å². The summed E-state index contributed by atoms with van der Waals surface area (Å²) >= 11 is 0. The van der Waals surface area contributed by atoms with E-state index in [0.29, 0.717) is 0 Å². The first-order valence-corrected chi connectivity index (χ1v) is 6.50. The fourth-order valence-corrected chi connectivity index (χ4v) is 2.48. The van der Waals surface area contributed by atoms with E-state index < -0.39 is 21.9 Å². The fourth-order valence-electron chi connectivity index (χ4n) is 1.25. The smallest absolute Gasteiger partial charge is 0.237 e. The van der Waals surface area contributed by atoms with Crippen molar-refractivity contribution < 1.29 is 13.2 Å². The first kappa shape index (κ1) is 12.2. The third kappa shape index (κ3) is 3.32. The van der Waals surface area contributed by atoms with E-state index in [1.54, 1.807) is 0 Å². The van der Waals surface area contributed by atoms with Gasteiger partial charge in [0.1, 0.15) is 0 Å². The number of amides is 1. The van der Waals surface area contributed by atoms with E-state index in [-0.39, 0.29) is 17.6 Å². The van der Waals surface area contributed by atoms with E-state index in [1.165, 1.54) is 6.08 Å². The van der Waals surface area contributed by atoms with E-state index in [9.17, 15) is 13.2 Å². The number of nitrogens with two attached hydrogens (primary N) is 1. The molecule has 0 spiro atoms. The molecular weight excluding hydrogens is 216 g/mol. The van der Waals surface area contributed by atoms with Crippen molar-refractivity contribution in [2.75, 3.05) is 5.75 Å². The van der Waals surface area contributed by atoms with Gasteiger partial charge in [0.25, 0.3) is 0 Å². The van der Waals surface area contributed by atoms with Crippen LogP contribution in [0.25, 0.3) is 0 Å². The predicted octanol–water partition coefficient (Wildman–Crippen LogP) is -0.603. The molecule has 86 valence electrons. The van der Waals surface area contributed by atoms with Crippen LogP contribution in [0.15, 0.2) is 11.5 Å². The maximum atomic E-state index is 11.5. The molecule has 3 N–H and O–H groups in total. The summed E-state index contributed by atoms with van der Waals surface area (Å²) in [5.41, 5.74) is 5.62. The van der Waals surface area contributed by atoms with Crippen molar-refractivity contribution in [1.29, 1.82) is 0 Å². The summed E-state index contributed by atoms with van der Waals surface area (Å²) < 4.78 is 22.1. The van der Waals surface area contributed by atoms with Crippen LogP contribution >= 0.6 is 0 Å². The highest BCUT2D eigenvalue weighted by Crippen LogP contribution is 2.08. The number of hydrogen-bond acceptors (Lipinski definition) is 4. The van der Waals surface area contributed by atoms with E-state index in [1.807, 2.05) is 13.8 Å². The molecule has 1 amide bonds. The van der Waals surface area contributed by atoms with Crippen LogP contribution in [0.4, 0.5) is 0 Å². The normalized spacial score (nSPS) is 25.5. The Labute approximate surface area is 89.6 Å². The Balaban J connectivity index is 2.52. The molecule has 0 saturated heterocycles. The third-order valence-corrected chi connectivity index (χ3v) is 3.67. The number of hydrogen-bond donors (Lipinski definition) is 2. The van der Waals surface area contributed by atoms with Crippen LogP contribution in [0.5, 0.6) is 0 Å². The minimum atomic E-state index is -3.12. The standard InChI is InChI=1S/C9H16N2O3S/c1-6(2)8(10)9(12)11-7-3-4-15(13,14)5-7/h3-4,6-8H,5,10H2,1-2H3,(H,11,12)/t7?,8-/m0/s1. The molecule has 0 aromatic rings. The van der Waals surface area contributed by atoms with Crippen molar-refractivity contribution >= 4 is 15.7 Å². The quantitative estimate of drug-likeness (QED) is 0.679. The number of carbonyl (C=O) groups excluding carboxylic acids is 1. The van der Waals surface area contributed by atoms with Gasteiger partial charge in [0.15, 0.2) is 9.84 Å². The second-order valence-corrected chi connectivity index (χ2v) is 5.97. The number of carbonyl (C=O) groups is 1. The molecule has 1 aliphatic rings. The minimum Gasteiger partial charge on any atom is -0.347 e. The molecule has 6 heteroatoms. The monoisotopic (exact) mass is 232 g/mol. The summed E-state index contributed by atoms with van der Waals surface area (Å²) in [5.74, 6) is -0.340. The molecule has 0 radical (unpaired) electrons. The molecule has 15 heavy (non-hydrogen) atoms. The Kier molecular flexibility index (Phi) is 3.51. The number of rotatable bonds is 3. The molecule has 0 saturated carbocycles. The van der Waals surface area contributed by atoms with Crippen LogP contribution in [0, 0.1) is 5.92 Å². The van der Waals surface area contributed by atoms with Gasteiger partial charge in [0.2, 0.25) is 5.91 Å². The lowest BCUT2D eigenvalue weighted by Crippen LogP contribution is -2.48. The third-order valence-electron chi connectivity index (χ3n) is 2.28. The summed E-state index contributed by atoms with van der Waals surface area (Å²) in [6, 6.07) is -1.03. The molecule has 1 heterocycles. The largest absolute Gasteiger partial charge is 0.347 e. The van der Waals surface area contributed by atoms with Gasteiger partial charge in [0, 0.05) is 5.41 Å². The fraction of sp³-hybridized carbons (Fsp3) is 0.667. The van der Waals surface area contributed by atoms with E-state index in [2.05, 4.69) is 5.32 Å². The van der Waals surface area contributed by atoms with Gasteiger partial charge in [-0.05, 0) is 12.0 Å². The van der Waals surface area contributed by atoms with Gasteiger partial charge in [0.05, 0.1) is 17.8 Å². The van der Waals surface area contributed by atoms with Gasteiger partial charge in [-0.15, -0.1) is 0 Å². The molecule has 5 nitrogen and oxygen atoms in total. The van der Waals surface area contributed by atoms with Crippen molar-refractivity contribution in [2.45, 2.75) is 25.9 Å². The Bertz CT molecular complexity index is 373. The zero-order chi connectivity index (χ0) is 11.6. The van der Waals surface area contributed by atoms with Gasteiger partial charge in [-0.1, -0.05) is 13.8 Å². The lowest BCUT2D eigenvalue weighted by molar-refractivity contribution is -0.123. The number of sulfone groups is 1. The minimum absolute atomic E-state index is 0.0342. The lowest BCUT2D eigenvalue weighted by atomic mass is 10.0. The molecule has 2 atom stereocenters. The summed E-state index contributed by atoms with van der Waals surface area (Å²) in [6.45, 7) is 3.68. The van der Waals surface area contributed by atoms with E-state index in [0.717, 1.165) is 5.41 Å². The topological polar surface area (TPSA) is 89.3 Å². The van der Waals surface area contributed by atoms with Crippen molar-refractivity contribution in [1.82, 2.24) is 5.32 Å². The average molecular weight is 232 g/mol. The molecule has 0 fully saturated rings. The van der Waals surface area contributed by atoms with Crippen LogP contribution in [0.3, 0.4) is 0 Å². The summed E-state index contributed by atoms with van der Waals surface area (Å²) in [4.78, 5) is 11.5. The maximum absolute atomic E-state index is 11.5. The van der Waals surface area contributed by atoms with Gasteiger partial charge >= 0.3 is 0 Å². The first-order chi connectivity index (χ1) is 6.82. The highest BCUT2D eigenvalue weighted by atomic mass is 32.2. The molecule has 0 aliphatic carbocycles. The van der Waals surface area contributed by atoms with Crippen molar-refractivity contribution in [3.8, 4) is 0 Å². The van der Waals surface area contributed by atoms with Crippen LogP contribution < -0.4 is 11.1 Å². The predicted molar refractivity (Wildman–Crippen MR) is 57.7 cm³/mol. The Morgan fingerprint density at radius 2 is 2.13 bits per heavy atom. The Morgan fingerprint density at radius 1 is 1.53 bits per heavy atom. The van der Waals surface area contributed by atoms with Crippen molar-refractivity contribution in [3.05, 3.63) is 11.5 Å². The maximum Gasteiger partial charge on any atom is 0.237 e. The zero-order valence-corrected chi connectivity index (χ0v) is 9.62. The van der Waals surface area contributed by atoms with Crippen molar-refractivity contribution in [2.24, 2.45) is 11.7 Å². The zero-order valence-electron chi connectivity index (χ0n) is 8.80. The van der Waals surface area contributed by atoms with Gasteiger partial charge in [-0.2, -0.15) is 0 Å². The molecule has 0 bridgehead atoms. The van der Waals surface area contributed by atoms with Crippen LogP contribution in [-0.4, -0.2) is 32.2 Å². The highest BCUT2D eigenvalue weighted by Gasteiger charge is 2.25. The molecule has 0 aromatic carbocycles. The van der Waals surface area contributed by atoms with Crippen LogP contribution in [0.1, 0.15) is 13.8 Å². The Hall–Kier alpha value is -0.880. The highest BCUT2D eigenvalue weighted by molar-refractivity contribution is 7.94. The molecule has 1 aliphatic heterocycles. The first-order valence-electron chi connectivity index (χ1n) is 4.79. The van der Waals surface area contributed by atoms with Crippen molar-refractivity contribution in [3.63, 3.8) is 0 Å². The summed E-state index contributed by atoms with van der Waals surface area (Å²) in [6.07, 6.45) is 1.47. The summed E-state index contributed by atoms with van der Waals surface area (Å²) in [7, 11) is -3.12. The molecular formula is C9H16N2O3S. The second-order valence-electron chi connectivity index (χ2n) is 4.04. The Morgan fingerprint density at radius 3 is 2.53 bits per heavy atom. The van der Waals surface area contributed by atoms with Crippen LogP contribution in [-0.2, 0) is 14.6 Å². The second kappa shape index (κ2) is 4.32. The lowest BCUT2D eigenvalue weighted by Gasteiger charge is -2.17. The SMILES string of the molecule is CC(C)[C@H](N)C(=O)NC1C=CS(=O)(=O)C1.